The Balaban J connectivity index is 0.00000306. The van der Waals surface area contributed by atoms with Crippen molar-refractivity contribution in [3.8, 4) is 11.5 Å². The molecule has 3 aromatic heterocycles. The molecule has 0 unspecified atom stereocenters. The highest BCUT2D eigenvalue weighted by atomic mass is 127. The average Bonchev–Trinajstić information content (AvgIpc) is 3.46. The third-order valence-corrected chi connectivity index (χ3v) is 5.02. The number of imidazole rings is 1. The van der Waals surface area contributed by atoms with E-state index in [0.29, 0.717) is 13.1 Å². The molecule has 0 aliphatic heterocycles. The van der Waals surface area contributed by atoms with Crippen LogP contribution in [0.4, 0.5) is 0 Å². The number of benzene rings is 1. The second-order valence-corrected chi connectivity index (χ2v) is 7.51. The van der Waals surface area contributed by atoms with Crippen LogP contribution in [-0.4, -0.2) is 36.8 Å². The quantitative estimate of drug-likeness (QED) is 0.205. The molecule has 1 aromatic carbocycles. The predicted octanol–water partition coefficient (Wildman–Crippen LogP) is 3.94. The first-order valence-corrected chi connectivity index (χ1v) is 10.7. The Morgan fingerprint density at radius 1 is 1.09 bits per heavy atom. The Hall–Kier alpha value is -3.21. The van der Waals surface area contributed by atoms with E-state index in [1.807, 2.05) is 52.8 Å². The van der Waals surface area contributed by atoms with Crippen molar-refractivity contribution in [3.63, 3.8) is 0 Å². The van der Waals surface area contributed by atoms with Gasteiger partial charge in [-0.25, -0.2) is 19.6 Å². The van der Waals surface area contributed by atoms with Gasteiger partial charge >= 0.3 is 0 Å². The maximum Gasteiger partial charge on any atom is 0.191 e. The molecule has 3 heterocycles. The van der Waals surface area contributed by atoms with Gasteiger partial charge in [-0.2, -0.15) is 5.10 Å². The molecule has 0 spiro atoms. The molecular weight excluding hydrogens is 527 g/mol. The predicted molar refractivity (Wildman–Crippen MR) is 141 cm³/mol. The molecule has 0 fully saturated rings. The van der Waals surface area contributed by atoms with E-state index in [2.05, 4.69) is 57.7 Å². The molecule has 8 nitrogen and oxygen atoms in total. The number of aliphatic imine (C=N–C) groups is 1. The Kier molecular flexibility index (Phi) is 8.58. The normalized spacial score (nSPS) is 11.2. The fourth-order valence-electron chi connectivity index (χ4n) is 3.49. The second kappa shape index (κ2) is 11.6. The van der Waals surface area contributed by atoms with E-state index < -0.39 is 0 Å². The molecule has 0 radical (unpaired) electrons. The Bertz CT molecular complexity index is 1180. The van der Waals surface area contributed by atoms with Crippen LogP contribution in [0.2, 0.25) is 0 Å². The molecule has 0 bridgehead atoms. The van der Waals surface area contributed by atoms with Gasteiger partial charge in [-0.05, 0) is 50.1 Å². The summed E-state index contributed by atoms with van der Waals surface area (Å²) in [5.41, 5.74) is 5.38. The van der Waals surface area contributed by atoms with E-state index in [4.69, 9.17) is 4.99 Å². The number of pyridine rings is 1. The van der Waals surface area contributed by atoms with Gasteiger partial charge in [0, 0.05) is 37.4 Å². The topological polar surface area (TPSA) is 85.0 Å². The summed E-state index contributed by atoms with van der Waals surface area (Å²) in [6, 6.07) is 14.4. The van der Waals surface area contributed by atoms with Gasteiger partial charge in [0.05, 0.1) is 17.9 Å². The Labute approximate surface area is 211 Å². The number of hydrogen-bond acceptors (Lipinski definition) is 4. The summed E-state index contributed by atoms with van der Waals surface area (Å²) < 4.78 is 3.86. The van der Waals surface area contributed by atoms with Crippen LogP contribution in [0, 0.1) is 13.8 Å². The van der Waals surface area contributed by atoms with Gasteiger partial charge in [-0.1, -0.05) is 24.3 Å². The van der Waals surface area contributed by atoms with Gasteiger partial charge in [0.2, 0.25) is 0 Å². The van der Waals surface area contributed by atoms with E-state index in [1.165, 1.54) is 0 Å². The molecule has 0 aliphatic rings. The Morgan fingerprint density at radius 2 is 1.94 bits per heavy atom. The number of nitrogens with one attached hydrogen (secondary N) is 2. The number of rotatable bonds is 7. The van der Waals surface area contributed by atoms with Gasteiger partial charge < -0.3 is 10.6 Å². The van der Waals surface area contributed by atoms with Gasteiger partial charge in [0.1, 0.15) is 12.1 Å². The number of hydrogen-bond donors (Lipinski definition) is 2. The van der Waals surface area contributed by atoms with Crippen molar-refractivity contribution in [1.29, 1.82) is 0 Å². The standard InChI is InChI=1S/C24H28N8.HI/c1-4-26-24(28-15-20-9-10-23(27-14-20)31-12-11-25-17-31)29-16-21-7-5-6-8-22(21)32-19(3)13-18(2)30-32;/h5-14,17H,4,15-16H2,1-3H3,(H2,26,28,29);1H. The largest absolute Gasteiger partial charge is 0.357 e. The lowest BCUT2D eigenvalue weighted by molar-refractivity contribution is 0.783. The van der Waals surface area contributed by atoms with E-state index in [9.17, 15) is 0 Å². The zero-order valence-corrected chi connectivity index (χ0v) is 21.4. The van der Waals surface area contributed by atoms with Crippen LogP contribution in [0.1, 0.15) is 29.4 Å². The maximum atomic E-state index is 4.73. The first-order valence-electron chi connectivity index (χ1n) is 10.7. The molecule has 33 heavy (non-hydrogen) atoms. The molecule has 172 valence electrons. The fourth-order valence-corrected chi connectivity index (χ4v) is 3.49. The minimum Gasteiger partial charge on any atom is -0.357 e. The van der Waals surface area contributed by atoms with Crippen molar-refractivity contribution in [1.82, 2.24) is 34.9 Å². The lowest BCUT2D eigenvalue weighted by atomic mass is 10.1. The molecule has 0 aliphatic carbocycles. The van der Waals surface area contributed by atoms with Crippen molar-refractivity contribution in [3.05, 3.63) is 89.9 Å². The smallest absolute Gasteiger partial charge is 0.191 e. The second-order valence-electron chi connectivity index (χ2n) is 7.51. The minimum absolute atomic E-state index is 0. The zero-order valence-electron chi connectivity index (χ0n) is 19.1. The molecular formula is C24H29IN8. The van der Waals surface area contributed by atoms with E-state index in [-0.39, 0.29) is 24.0 Å². The first kappa shape index (κ1) is 24.4. The summed E-state index contributed by atoms with van der Waals surface area (Å²) in [7, 11) is 0. The van der Waals surface area contributed by atoms with Crippen LogP contribution in [0.5, 0.6) is 0 Å². The highest BCUT2D eigenvalue weighted by Gasteiger charge is 2.09. The first-order chi connectivity index (χ1) is 15.6. The van der Waals surface area contributed by atoms with Gasteiger partial charge in [-0.15, -0.1) is 24.0 Å². The highest BCUT2D eigenvalue weighted by molar-refractivity contribution is 14.0. The third-order valence-electron chi connectivity index (χ3n) is 5.02. The summed E-state index contributed by atoms with van der Waals surface area (Å²) >= 11 is 0. The lowest BCUT2D eigenvalue weighted by Gasteiger charge is -2.15. The molecule has 4 rings (SSSR count). The minimum atomic E-state index is 0. The highest BCUT2D eigenvalue weighted by Crippen LogP contribution is 2.17. The summed E-state index contributed by atoms with van der Waals surface area (Å²) in [6.45, 7) is 8.09. The average molecular weight is 556 g/mol. The molecule has 0 amide bonds. The number of halogens is 1. The van der Waals surface area contributed by atoms with Gasteiger partial charge in [0.25, 0.3) is 0 Å². The van der Waals surface area contributed by atoms with Crippen molar-refractivity contribution >= 4 is 29.9 Å². The fraction of sp³-hybridized carbons (Fsp3) is 0.250. The van der Waals surface area contributed by atoms with Crippen molar-refractivity contribution in [2.24, 2.45) is 4.99 Å². The zero-order chi connectivity index (χ0) is 22.3. The molecule has 2 N–H and O–H groups in total. The molecule has 0 saturated heterocycles. The molecule has 0 atom stereocenters. The maximum absolute atomic E-state index is 4.73. The van der Waals surface area contributed by atoms with Gasteiger partial charge in [0.15, 0.2) is 5.96 Å². The van der Waals surface area contributed by atoms with Crippen LogP contribution in [0.25, 0.3) is 11.5 Å². The van der Waals surface area contributed by atoms with Crippen LogP contribution in [-0.2, 0) is 13.1 Å². The Morgan fingerprint density at radius 3 is 2.61 bits per heavy atom. The molecule has 4 aromatic rings. The van der Waals surface area contributed by atoms with E-state index >= 15 is 0 Å². The van der Waals surface area contributed by atoms with Crippen molar-refractivity contribution in [2.45, 2.75) is 33.9 Å². The molecule has 0 saturated carbocycles. The number of nitrogens with zero attached hydrogens (tertiary/aromatic N) is 6. The van der Waals surface area contributed by atoms with Crippen LogP contribution < -0.4 is 10.6 Å². The summed E-state index contributed by atoms with van der Waals surface area (Å²) in [5.74, 6) is 1.59. The third kappa shape index (κ3) is 6.19. The van der Waals surface area contributed by atoms with Crippen LogP contribution in [0.3, 0.4) is 0 Å². The van der Waals surface area contributed by atoms with Crippen LogP contribution >= 0.6 is 24.0 Å². The number of para-hydroxylation sites is 1. The van der Waals surface area contributed by atoms with E-state index in [0.717, 1.165) is 46.5 Å². The van der Waals surface area contributed by atoms with Gasteiger partial charge in [-0.3, -0.25) is 4.57 Å². The summed E-state index contributed by atoms with van der Waals surface area (Å²) in [5, 5.41) is 11.4. The summed E-state index contributed by atoms with van der Waals surface area (Å²) in [4.78, 5) is 13.3. The van der Waals surface area contributed by atoms with E-state index in [1.54, 1.807) is 12.5 Å². The molecule has 9 heteroatoms. The number of guanidine groups is 1. The summed E-state index contributed by atoms with van der Waals surface area (Å²) in [6.07, 6.45) is 7.19. The lowest BCUT2D eigenvalue weighted by Crippen LogP contribution is -2.37. The van der Waals surface area contributed by atoms with Crippen LogP contribution in [0.15, 0.2) is 72.4 Å². The SMILES string of the molecule is CCNC(=NCc1ccc(-n2ccnc2)nc1)NCc1ccccc1-n1nc(C)cc1C.I. The van der Waals surface area contributed by atoms with Crippen molar-refractivity contribution < 1.29 is 0 Å². The number of aromatic nitrogens is 5. The number of aryl methyl sites for hydroxylation is 2. The monoisotopic (exact) mass is 556 g/mol. The van der Waals surface area contributed by atoms with Crippen molar-refractivity contribution in [2.75, 3.05) is 6.54 Å².